The van der Waals surface area contributed by atoms with Crippen LogP contribution in [0.1, 0.15) is 19.4 Å². The van der Waals surface area contributed by atoms with Crippen LogP contribution in [0.2, 0.25) is 0 Å². The van der Waals surface area contributed by atoms with Gasteiger partial charge in [-0.3, -0.25) is 0 Å². The van der Waals surface area contributed by atoms with Crippen LogP contribution >= 0.6 is 0 Å². The van der Waals surface area contributed by atoms with Crippen molar-refractivity contribution in [2.75, 3.05) is 6.61 Å². The lowest BCUT2D eigenvalue weighted by atomic mass is 10.2. The molecule has 2 rings (SSSR count). The Morgan fingerprint density at radius 3 is 2.72 bits per heavy atom. The summed E-state index contributed by atoms with van der Waals surface area (Å²) in [5, 5.41) is 0. The van der Waals surface area contributed by atoms with Gasteiger partial charge in [0, 0.05) is 0 Å². The predicted octanol–water partition coefficient (Wildman–Crippen LogP) is 2.91. The fraction of sp³-hybridized carbons (Fsp3) is 0.467. The lowest BCUT2D eigenvalue weighted by molar-refractivity contribution is -0.152. The largest absolute Gasteiger partial charge is 0.367 e. The average Bonchev–Trinajstić information content (AvgIpc) is 2.72. The van der Waals surface area contributed by atoms with Gasteiger partial charge in [-0.05, 0) is 19.4 Å². The monoisotopic (exact) mass is 248 g/mol. The fourth-order valence-electron chi connectivity index (χ4n) is 1.97. The highest BCUT2D eigenvalue weighted by Crippen LogP contribution is 2.26. The Morgan fingerprint density at radius 2 is 2.17 bits per heavy atom. The molecule has 0 N–H and O–H groups in total. The summed E-state index contributed by atoms with van der Waals surface area (Å²) >= 11 is 0. The molecule has 0 spiro atoms. The first-order valence-electron chi connectivity index (χ1n) is 6.20. The van der Waals surface area contributed by atoms with E-state index in [1.807, 2.05) is 44.2 Å². The Bertz CT molecular complexity index is 386. The predicted molar refractivity (Wildman–Crippen MR) is 70.1 cm³/mol. The summed E-state index contributed by atoms with van der Waals surface area (Å²) in [6.45, 7) is 8.71. The van der Waals surface area contributed by atoms with Crippen molar-refractivity contribution in [3.63, 3.8) is 0 Å². The molecule has 1 aromatic carbocycles. The maximum absolute atomic E-state index is 5.83. The van der Waals surface area contributed by atoms with Crippen LogP contribution in [0.3, 0.4) is 0 Å². The van der Waals surface area contributed by atoms with Crippen molar-refractivity contribution in [3.8, 4) is 0 Å². The van der Waals surface area contributed by atoms with Crippen LogP contribution in [0, 0.1) is 0 Å². The standard InChI is InChI=1S/C15H20O3/c1-4-13(14-11-17-15(2,3)18-14)16-10-12-8-6-5-7-9-12/h4-9,13-14H,1,10-11H2,2-3H3/t13-,14+/m0/s1. The smallest absolute Gasteiger partial charge is 0.163 e. The Balaban J connectivity index is 1.89. The molecule has 98 valence electrons. The number of rotatable bonds is 5. The van der Waals surface area contributed by atoms with Crippen molar-refractivity contribution < 1.29 is 14.2 Å². The molecule has 0 amide bonds. The maximum atomic E-state index is 5.83. The first kappa shape index (κ1) is 13.3. The molecule has 1 aliphatic rings. The van der Waals surface area contributed by atoms with E-state index >= 15 is 0 Å². The molecule has 0 saturated carbocycles. The summed E-state index contributed by atoms with van der Waals surface area (Å²) in [6.07, 6.45) is 1.55. The molecule has 0 aliphatic carbocycles. The first-order chi connectivity index (χ1) is 8.61. The van der Waals surface area contributed by atoms with Gasteiger partial charge in [-0.1, -0.05) is 36.4 Å². The molecule has 1 heterocycles. The zero-order chi connectivity index (χ0) is 13.0. The van der Waals surface area contributed by atoms with Crippen molar-refractivity contribution in [3.05, 3.63) is 48.6 Å². The molecule has 0 radical (unpaired) electrons. The molecule has 2 atom stereocenters. The van der Waals surface area contributed by atoms with Crippen molar-refractivity contribution in [2.24, 2.45) is 0 Å². The Morgan fingerprint density at radius 1 is 1.44 bits per heavy atom. The van der Waals surface area contributed by atoms with E-state index in [1.54, 1.807) is 6.08 Å². The van der Waals surface area contributed by atoms with Crippen LogP contribution in [0.15, 0.2) is 43.0 Å². The van der Waals surface area contributed by atoms with Gasteiger partial charge >= 0.3 is 0 Å². The van der Waals surface area contributed by atoms with Crippen LogP contribution in [0.4, 0.5) is 0 Å². The second-order valence-corrected chi connectivity index (χ2v) is 4.86. The Hall–Kier alpha value is -1.16. The Labute approximate surface area is 108 Å². The average molecular weight is 248 g/mol. The number of hydrogen-bond donors (Lipinski definition) is 0. The summed E-state index contributed by atoms with van der Waals surface area (Å²) in [6, 6.07) is 10.1. The second kappa shape index (κ2) is 5.65. The van der Waals surface area contributed by atoms with Crippen molar-refractivity contribution >= 4 is 0 Å². The molecule has 1 fully saturated rings. The highest BCUT2D eigenvalue weighted by atomic mass is 16.7. The second-order valence-electron chi connectivity index (χ2n) is 4.86. The van der Waals surface area contributed by atoms with E-state index in [0.29, 0.717) is 13.2 Å². The van der Waals surface area contributed by atoms with Gasteiger partial charge < -0.3 is 14.2 Å². The summed E-state index contributed by atoms with van der Waals surface area (Å²) in [5.41, 5.74) is 1.14. The van der Waals surface area contributed by atoms with Gasteiger partial charge in [0.05, 0.1) is 13.2 Å². The third-order valence-corrected chi connectivity index (χ3v) is 2.91. The van der Waals surface area contributed by atoms with E-state index in [2.05, 4.69) is 6.58 Å². The van der Waals surface area contributed by atoms with Gasteiger partial charge in [0.15, 0.2) is 5.79 Å². The van der Waals surface area contributed by atoms with Crippen molar-refractivity contribution in [1.29, 1.82) is 0 Å². The molecule has 0 bridgehead atoms. The molecule has 1 saturated heterocycles. The first-order valence-corrected chi connectivity index (χ1v) is 6.20. The number of hydrogen-bond acceptors (Lipinski definition) is 3. The molecule has 3 nitrogen and oxygen atoms in total. The number of ether oxygens (including phenoxy) is 3. The van der Waals surface area contributed by atoms with E-state index in [0.717, 1.165) is 5.56 Å². The van der Waals surface area contributed by atoms with Gasteiger partial charge in [-0.2, -0.15) is 0 Å². The molecule has 0 aromatic heterocycles. The minimum Gasteiger partial charge on any atom is -0.367 e. The lowest BCUT2D eigenvalue weighted by Crippen LogP contribution is -2.31. The number of benzene rings is 1. The topological polar surface area (TPSA) is 27.7 Å². The van der Waals surface area contributed by atoms with Gasteiger partial charge in [-0.15, -0.1) is 6.58 Å². The van der Waals surface area contributed by atoms with Gasteiger partial charge in [-0.25, -0.2) is 0 Å². The fourth-order valence-corrected chi connectivity index (χ4v) is 1.97. The van der Waals surface area contributed by atoms with E-state index in [1.165, 1.54) is 0 Å². The summed E-state index contributed by atoms with van der Waals surface area (Å²) < 4.78 is 17.1. The highest BCUT2D eigenvalue weighted by Gasteiger charge is 2.36. The molecular formula is C15H20O3. The molecule has 18 heavy (non-hydrogen) atoms. The molecule has 3 heteroatoms. The van der Waals surface area contributed by atoms with Gasteiger partial charge in [0.25, 0.3) is 0 Å². The van der Waals surface area contributed by atoms with E-state index in [9.17, 15) is 0 Å². The highest BCUT2D eigenvalue weighted by molar-refractivity contribution is 5.13. The summed E-state index contributed by atoms with van der Waals surface area (Å²) in [4.78, 5) is 0. The molecule has 1 aromatic rings. The third-order valence-electron chi connectivity index (χ3n) is 2.91. The normalized spacial score (nSPS) is 23.8. The Kier molecular flexibility index (Phi) is 4.17. The van der Waals surface area contributed by atoms with Gasteiger partial charge in [0.1, 0.15) is 12.2 Å². The minimum atomic E-state index is -0.526. The zero-order valence-corrected chi connectivity index (χ0v) is 11.0. The molecule has 0 unspecified atom stereocenters. The summed E-state index contributed by atoms with van der Waals surface area (Å²) in [5.74, 6) is -0.526. The zero-order valence-electron chi connectivity index (χ0n) is 11.0. The molecule has 1 aliphatic heterocycles. The van der Waals surface area contributed by atoms with E-state index in [-0.39, 0.29) is 12.2 Å². The van der Waals surface area contributed by atoms with Crippen LogP contribution in [0.5, 0.6) is 0 Å². The maximum Gasteiger partial charge on any atom is 0.163 e. The van der Waals surface area contributed by atoms with Crippen LogP contribution in [0.25, 0.3) is 0 Å². The lowest BCUT2D eigenvalue weighted by Gasteiger charge is -2.22. The van der Waals surface area contributed by atoms with Gasteiger partial charge in [0.2, 0.25) is 0 Å². The van der Waals surface area contributed by atoms with Crippen LogP contribution in [-0.4, -0.2) is 24.6 Å². The van der Waals surface area contributed by atoms with Crippen LogP contribution < -0.4 is 0 Å². The van der Waals surface area contributed by atoms with Crippen LogP contribution in [-0.2, 0) is 20.8 Å². The van der Waals surface area contributed by atoms with Crippen molar-refractivity contribution in [2.45, 2.75) is 38.4 Å². The third kappa shape index (κ3) is 3.42. The SMILES string of the molecule is C=C[C@H](OCc1ccccc1)[C@H]1COC(C)(C)O1. The van der Waals surface area contributed by atoms with E-state index < -0.39 is 5.79 Å². The quantitative estimate of drug-likeness (QED) is 0.750. The summed E-state index contributed by atoms with van der Waals surface area (Å²) in [7, 11) is 0. The van der Waals surface area contributed by atoms with Crippen molar-refractivity contribution in [1.82, 2.24) is 0 Å². The molecular weight excluding hydrogens is 228 g/mol. The van der Waals surface area contributed by atoms with E-state index in [4.69, 9.17) is 14.2 Å². The minimum absolute atomic E-state index is 0.0822.